The van der Waals surface area contributed by atoms with E-state index in [-0.39, 0.29) is 18.1 Å². The molecule has 2 N–H and O–H groups in total. The van der Waals surface area contributed by atoms with Gasteiger partial charge in [-0.1, -0.05) is 0 Å². The van der Waals surface area contributed by atoms with Crippen LogP contribution in [-0.2, 0) is 4.79 Å². The highest BCUT2D eigenvalue weighted by Crippen LogP contribution is 2.29. The van der Waals surface area contributed by atoms with E-state index in [4.69, 9.17) is 5.11 Å². The largest absolute Gasteiger partial charge is 0.396 e. The lowest BCUT2D eigenvalue weighted by Crippen LogP contribution is -2.57. The zero-order valence-electron chi connectivity index (χ0n) is 10.7. The van der Waals surface area contributed by atoms with Crippen LogP contribution in [0.15, 0.2) is 0 Å². The summed E-state index contributed by atoms with van der Waals surface area (Å²) in [7, 11) is 0. The monoisotopic (exact) mass is 240 g/mol. The SMILES string of the molecule is CC1(C(=O)N(CCCO)C2CCC2)CCCN1. The molecule has 0 aromatic rings. The predicted molar refractivity (Wildman–Crippen MR) is 66.7 cm³/mol. The van der Waals surface area contributed by atoms with Crippen molar-refractivity contribution < 1.29 is 9.90 Å². The zero-order valence-corrected chi connectivity index (χ0v) is 10.7. The van der Waals surface area contributed by atoms with Crippen molar-refractivity contribution >= 4 is 5.91 Å². The minimum absolute atomic E-state index is 0.167. The number of hydrogen-bond acceptors (Lipinski definition) is 3. The van der Waals surface area contributed by atoms with Gasteiger partial charge in [0.1, 0.15) is 0 Å². The first-order valence-corrected chi connectivity index (χ1v) is 6.84. The number of hydrogen-bond donors (Lipinski definition) is 2. The minimum atomic E-state index is -0.356. The molecule has 2 rings (SSSR count). The number of carbonyl (C=O) groups excluding carboxylic acids is 1. The maximum absolute atomic E-state index is 12.6. The second kappa shape index (κ2) is 5.36. The van der Waals surface area contributed by atoms with E-state index in [2.05, 4.69) is 5.32 Å². The highest BCUT2D eigenvalue weighted by atomic mass is 16.3. The average Bonchev–Trinajstić information content (AvgIpc) is 2.69. The van der Waals surface area contributed by atoms with E-state index in [0.29, 0.717) is 19.0 Å². The molecule has 1 heterocycles. The molecule has 4 nitrogen and oxygen atoms in total. The Labute approximate surface area is 103 Å². The van der Waals surface area contributed by atoms with Crippen LogP contribution in [0.25, 0.3) is 0 Å². The van der Waals surface area contributed by atoms with Gasteiger partial charge >= 0.3 is 0 Å². The molecule has 1 saturated carbocycles. The fraction of sp³-hybridized carbons (Fsp3) is 0.923. The first-order valence-electron chi connectivity index (χ1n) is 6.84. The normalized spacial score (nSPS) is 29.1. The van der Waals surface area contributed by atoms with Crippen molar-refractivity contribution in [2.45, 2.75) is 57.0 Å². The lowest BCUT2D eigenvalue weighted by molar-refractivity contribution is -0.141. The molecule has 0 aromatic heterocycles. The molecule has 1 aliphatic carbocycles. The van der Waals surface area contributed by atoms with E-state index in [1.165, 1.54) is 6.42 Å². The van der Waals surface area contributed by atoms with E-state index in [9.17, 15) is 4.79 Å². The van der Waals surface area contributed by atoms with Crippen molar-refractivity contribution in [2.75, 3.05) is 19.7 Å². The maximum Gasteiger partial charge on any atom is 0.242 e. The van der Waals surface area contributed by atoms with E-state index in [1.54, 1.807) is 0 Å². The van der Waals surface area contributed by atoms with Crippen LogP contribution in [0, 0.1) is 0 Å². The molecule has 0 aromatic carbocycles. The summed E-state index contributed by atoms with van der Waals surface area (Å²) >= 11 is 0. The van der Waals surface area contributed by atoms with E-state index >= 15 is 0 Å². The zero-order chi connectivity index (χ0) is 12.3. The molecule has 1 amide bonds. The summed E-state index contributed by atoms with van der Waals surface area (Å²) in [5.41, 5.74) is -0.356. The Morgan fingerprint density at radius 1 is 1.47 bits per heavy atom. The van der Waals surface area contributed by atoms with Gasteiger partial charge in [-0.2, -0.15) is 0 Å². The average molecular weight is 240 g/mol. The molecule has 2 fully saturated rings. The molecule has 17 heavy (non-hydrogen) atoms. The smallest absolute Gasteiger partial charge is 0.242 e. The third kappa shape index (κ3) is 2.63. The highest BCUT2D eigenvalue weighted by Gasteiger charge is 2.41. The van der Waals surface area contributed by atoms with Gasteiger partial charge in [0.15, 0.2) is 0 Å². The molecule has 1 saturated heterocycles. The summed E-state index contributed by atoms with van der Waals surface area (Å²) in [5.74, 6) is 0.244. The van der Waals surface area contributed by atoms with Crippen molar-refractivity contribution in [3.63, 3.8) is 0 Å². The van der Waals surface area contributed by atoms with Crippen molar-refractivity contribution in [3.05, 3.63) is 0 Å². The lowest BCUT2D eigenvalue weighted by atomic mass is 9.88. The van der Waals surface area contributed by atoms with Gasteiger partial charge in [-0.05, 0) is 52.0 Å². The van der Waals surface area contributed by atoms with Gasteiger partial charge in [-0.25, -0.2) is 0 Å². The van der Waals surface area contributed by atoms with Crippen LogP contribution < -0.4 is 5.32 Å². The summed E-state index contributed by atoms with van der Waals surface area (Å²) in [6.45, 7) is 3.84. The second-order valence-electron chi connectivity index (χ2n) is 5.52. The Bertz CT molecular complexity index is 271. The molecule has 0 spiro atoms. The van der Waals surface area contributed by atoms with Gasteiger partial charge in [0, 0.05) is 19.2 Å². The van der Waals surface area contributed by atoms with Crippen molar-refractivity contribution in [3.8, 4) is 0 Å². The summed E-state index contributed by atoms with van der Waals surface area (Å²) in [4.78, 5) is 14.6. The minimum Gasteiger partial charge on any atom is -0.396 e. The topological polar surface area (TPSA) is 52.6 Å². The standard InChI is InChI=1S/C13H24N2O2/c1-13(7-3-8-14-13)12(17)15(9-4-10-16)11-5-2-6-11/h11,14,16H,2-10H2,1H3. The number of aliphatic hydroxyl groups is 1. The number of amides is 1. The van der Waals surface area contributed by atoms with E-state index in [1.807, 2.05) is 11.8 Å². The summed E-state index contributed by atoms with van der Waals surface area (Å²) < 4.78 is 0. The Morgan fingerprint density at radius 3 is 2.71 bits per heavy atom. The summed E-state index contributed by atoms with van der Waals surface area (Å²) in [5, 5.41) is 12.3. The summed E-state index contributed by atoms with van der Waals surface area (Å²) in [6.07, 6.45) is 6.21. The Hall–Kier alpha value is -0.610. The van der Waals surface area contributed by atoms with E-state index in [0.717, 1.165) is 32.2 Å². The van der Waals surface area contributed by atoms with Crippen LogP contribution in [0.1, 0.15) is 45.4 Å². The molecular formula is C13H24N2O2. The number of nitrogens with one attached hydrogen (secondary N) is 1. The number of aliphatic hydroxyl groups excluding tert-OH is 1. The maximum atomic E-state index is 12.6. The first kappa shape index (κ1) is 12.8. The molecule has 1 aliphatic heterocycles. The lowest BCUT2D eigenvalue weighted by Gasteiger charge is -2.41. The van der Waals surface area contributed by atoms with Crippen LogP contribution >= 0.6 is 0 Å². The van der Waals surface area contributed by atoms with Crippen LogP contribution in [-0.4, -0.2) is 47.2 Å². The van der Waals surface area contributed by atoms with Crippen molar-refractivity contribution in [1.29, 1.82) is 0 Å². The second-order valence-corrected chi connectivity index (χ2v) is 5.52. The van der Waals surface area contributed by atoms with Gasteiger partial charge in [0.2, 0.25) is 5.91 Å². The third-order valence-corrected chi connectivity index (χ3v) is 4.17. The van der Waals surface area contributed by atoms with Gasteiger partial charge in [-0.15, -0.1) is 0 Å². The van der Waals surface area contributed by atoms with Crippen LogP contribution in [0.5, 0.6) is 0 Å². The Morgan fingerprint density at radius 2 is 2.24 bits per heavy atom. The van der Waals surface area contributed by atoms with Gasteiger partial charge < -0.3 is 15.3 Å². The first-order chi connectivity index (χ1) is 8.17. The quantitative estimate of drug-likeness (QED) is 0.750. The van der Waals surface area contributed by atoms with Crippen molar-refractivity contribution in [1.82, 2.24) is 10.2 Å². The molecule has 98 valence electrons. The van der Waals surface area contributed by atoms with Crippen LogP contribution in [0.4, 0.5) is 0 Å². The third-order valence-electron chi connectivity index (χ3n) is 4.17. The number of nitrogens with zero attached hydrogens (tertiary/aromatic N) is 1. The highest BCUT2D eigenvalue weighted by molar-refractivity contribution is 5.86. The Kier molecular flexibility index (Phi) is 4.05. The van der Waals surface area contributed by atoms with Gasteiger partial charge in [-0.3, -0.25) is 4.79 Å². The molecule has 1 atom stereocenters. The molecule has 0 radical (unpaired) electrons. The van der Waals surface area contributed by atoms with Crippen LogP contribution in [0.3, 0.4) is 0 Å². The molecule has 2 aliphatic rings. The van der Waals surface area contributed by atoms with Gasteiger partial charge in [0.25, 0.3) is 0 Å². The summed E-state index contributed by atoms with van der Waals surface area (Å²) in [6, 6.07) is 0.424. The fourth-order valence-corrected chi connectivity index (χ4v) is 2.78. The molecule has 0 bridgehead atoms. The molecule has 4 heteroatoms. The van der Waals surface area contributed by atoms with Gasteiger partial charge in [0.05, 0.1) is 5.54 Å². The van der Waals surface area contributed by atoms with E-state index < -0.39 is 0 Å². The van der Waals surface area contributed by atoms with Crippen molar-refractivity contribution in [2.24, 2.45) is 0 Å². The number of carbonyl (C=O) groups is 1. The number of rotatable bonds is 5. The predicted octanol–water partition coefficient (Wildman–Crippen LogP) is 0.892. The molecular weight excluding hydrogens is 216 g/mol. The Balaban J connectivity index is 2.00. The van der Waals surface area contributed by atoms with Crippen LogP contribution in [0.2, 0.25) is 0 Å². The molecule has 1 unspecified atom stereocenters. The fourth-order valence-electron chi connectivity index (χ4n) is 2.78.